The lowest BCUT2D eigenvalue weighted by atomic mass is 9.97. The van der Waals surface area contributed by atoms with E-state index >= 15 is 0 Å². The number of carboxylic acids is 1. The Hall–Kier alpha value is -2.50. The van der Waals surface area contributed by atoms with Crippen LogP contribution in [0.25, 0.3) is 21.3 Å². The highest BCUT2D eigenvalue weighted by Crippen LogP contribution is 2.20. The molecule has 0 aliphatic heterocycles. The number of carbonyl (C=O) groups is 1. The molecule has 128 valence electrons. The Bertz CT molecular complexity index is 713. The maximum Gasteiger partial charge on any atom is 0.312 e. The maximum absolute atomic E-state index is 10.9. The number of hydrogen-bond donors (Lipinski definition) is 3. The SMILES string of the molecule is NC1CCCCC1.[N-]=[N+]=NC(Cc1c[nH]c2ccccc12)C(=O)O. The Labute approximate surface area is 140 Å². The van der Waals surface area contributed by atoms with Gasteiger partial charge in [0.2, 0.25) is 0 Å². The first-order valence-electron chi connectivity index (χ1n) is 8.19. The van der Waals surface area contributed by atoms with Crippen LogP contribution in [0.5, 0.6) is 0 Å². The van der Waals surface area contributed by atoms with E-state index in [9.17, 15) is 4.79 Å². The second-order valence-electron chi connectivity index (χ2n) is 6.02. The molecule has 0 saturated heterocycles. The molecule has 1 atom stereocenters. The van der Waals surface area contributed by atoms with E-state index in [1.165, 1.54) is 32.1 Å². The summed E-state index contributed by atoms with van der Waals surface area (Å²) in [7, 11) is 0. The Morgan fingerprint density at radius 1 is 1.38 bits per heavy atom. The number of para-hydroxylation sites is 1. The van der Waals surface area contributed by atoms with Crippen LogP contribution in [0.3, 0.4) is 0 Å². The Morgan fingerprint density at radius 2 is 2.08 bits per heavy atom. The quantitative estimate of drug-likeness (QED) is 0.449. The number of nitrogens with two attached hydrogens (primary N) is 1. The highest BCUT2D eigenvalue weighted by molar-refractivity contribution is 5.84. The molecule has 1 unspecified atom stereocenters. The number of hydrogen-bond acceptors (Lipinski definition) is 3. The number of aromatic amines is 1. The molecule has 1 heterocycles. The van der Waals surface area contributed by atoms with Gasteiger partial charge in [-0.1, -0.05) is 42.6 Å². The standard InChI is InChI=1S/C11H10N4O2.C6H13N/c12-15-14-10(11(16)17)5-7-6-13-9-4-2-1-3-8(7)9;7-6-4-2-1-3-5-6/h1-4,6,10,13H,5H2,(H,16,17);6H,1-5,7H2. The van der Waals surface area contributed by atoms with E-state index in [0.29, 0.717) is 6.04 Å². The summed E-state index contributed by atoms with van der Waals surface area (Å²) in [6.45, 7) is 0. The highest BCUT2D eigenvalue weighted by Gasteiger charge is 2.17. The van der Waals surface area contributed by atoms with Crippen LogP contribution in [0, 0.1) is 0 Å². The zero-order chi connectivity index (χ0) is 17.4. The molecule has 3 rings (SSSR count). The number of nitrogens with one attached hydrogen (secondary N) is 1. The van der Waals surface area contributed by atoms with Crippen LogP contribution in [-0.4, -0.2) is 28.1 Å². The van der Waals surface area contributed by atoms with E-state index in [1.807, 2.05) is 24.3 Å². The fourth-order valence-electron chi connectivity index (χ4n) is 2.88. The molecule has 1 aliphatic carbocycles. The van der Waals surface area contributed by atoms with Gasteiger partial charge in [0.1, 0.15) is 6.04 Å². The number of azide groups is 1. The van der Waals surface area contributed by atoms with Crippen LogP contribution in [-0.2, 0) is 11.2 Å². The van der Waals surface area contributed by atoms with E-state index < -0.39 is 12.0 Å². The van der Waals surface area contributed by atoms with Crippen molar-refractivity contribution in [1.29, 1.82) is 0 Å². The van der Waals surface area contributed by atoms with Gasteiger partial charge in [-0.05, 0) is 36.4 Å². The van der Waals surface area contributed by atoms with Crippen molar-refractivity contribution in [3.63, 3.8) is 0 Å². The van der Waals surface area contributed by atoms with Crippen molar-refractivity contribution >= 4 is 16.9 Å². The van der Waals surface area contributed by atoms with Gasteiger partial charge in [-0.15, -0.1) is 0 Å². The van der Waals surface area contributed by atoms with Crippen molar-refractivity contribution in [2.45, 2.75) is 50.6 Å². The molecule has 1 aromatic carbocycles. The number of benzene rings is 1. The summed E-state index contributed by atoms with van der Waals surface area (Å²) in [5.41, 5.74) is 15.7. The Morgan fingerprint density at radius 3 is 2.67 bits per heavy atom. The lowest BCUT2D eigenvalue weighted by Gasteiger charge is -2.15. The fraction of sp³-hybridized carbons (Fsp3) is 0.471. The van der Waals surface area contributed by atoms with Gasteiger partial charge in [0, 0.05) is 28.1 Å². The molecule has 7 nitrogen and oxygen atoms in total. The zero-order valence-electron chi connectivity index (χ0n) is 13.6. The third-order valence-corrected chi connectivity index (χ3v) is 4.21. The first-order valence-corrected chi connectivity index (χ1v) is 8.19. The lowest BCUT2D eigenvalue weighted by Crippen LogP contribution is -2.22. The van der Waals surface area contributed by atoms with Crippen LogP contribution in [0.15, 0.2) is 35.6 Å². The molecule has 1 aromatic heterocycles. The van der Waals surface area contributed by atoms with Gasteiger partial charge in [0.15, 0.2) is 0 Å². The first-order chi connectivity index (χ1) is 11.6. The normalized spacial score (nSPS) is 15.9. The number of rotatable bonds is 4. The van der Waals surface area contributed by atoms with Crippen LogP contribution < -0.4 is 5.73 Å². The average molecular weight is 329 g/mol. The molecule has 4 N–H and O–H groups in total. The summed E-state index contributed by atoms with van der Waals surface area (Å²) in [5, 5.41) is 13.1. The number of aromatic nitrogens is 1. The minimum atomic E-state index is -1.12. The molecule has 0 spiro atoms. The summed E-state index contributed by atoms with van der Waals surface area (Å²) >= 11 is 0. The molecule has 0 bridgehead atoms. The van der Waals surface area contributed by atoms with Crippen molar-refractivity contribution in [3.05, 3.63) is 46.5 Å². The molecular weight excluding hydrogens is 306 g/mol. The van der Waals surface area contributed by atoms with Crippen molar-refractivity contribution in [2.75, 3.05) is 0 Å². The predicted molar refractivity (Wildman–Crippen MR) is 93.6 cm³/mol. The summed E-state index contributed by atoms with van der Waals surface area (Å²) in [4.78, 5) is 16.5. The van der Waals surface area contributed by atoms with Crippen molar-refractivity contribution in [3.8, 4) is 0 Å². The first kappa shape index (κ1) is 17.8. The maximum atomic E-state index is 10.9. The van der Waals surface area contributed by atoms with Gasteiger partial charge in [0.05, 0.1) is 0 Å². The summed E-state index contributed by atoms with van der Waals surface area (Å²) < 4.78 is 0. The fourth-order valence-corrected chi connectivity index (χ4v) is 2.88. The van der Waals surface area contributed by atoms with E-state index in [-0.39, 0.29) is 6.42 Å². The largest absolute Gasteiger partial charge is 0.481 e. The van der Waals surface area contributed by atoms with E-state index in [1.54, 1.807) is 6.20 Å². The van der Waals surface area contributed by atoms with Gasteiger partial charge in [-0.3, -0.25) is 4.79 Å². The van der Waals surface area contributed by atoms with Crippen LogP contribution in [0.1, 0.15) is 37.7 Å². The number of fused-ring (bicyclic) bond motifs is 1. The second-order valence-corrected chi connectivity index (χ2v) is 6.02. The van der Waals surface area contributed by atoms with Crippen LogP contribution in [0.4, 0.5) is 0 Å². The minimum absolute atomic E-state index is 0.184. The van der Waals surface area contributed by atoms with Crippen molar-refractivity contribution < 1.29 is 9.90 Å². The zero-order valence-corrected chi connectivity index (χ0v) is 13.6. The van der Waals surface area contributed by atoms with E-state index in [4.69, 9.17) is 16.4 Å². The van der Waals surface area contributed by atoms with Crippen molar-refractivity contribution in [1.82, 2.24) is 4.98 Å². The minimum Gasteiger partial charge on any atom is -0.481 e. The third kappa shape index (κ3) is 5.01. The van der Waals surface area contributed by atoms with Gasteiger partial charge >= 0.3 is 5.97 Å². The average Bonchev–Trinajstić information content (AvgIpc) is 2.99. The molecule has 1 fully saturated rings. The monoisotopic (exact) mass is 329 g/mol. The topological polar surface area (TPSA) is 128 Å². The van der Waals surface area contributed by atoms with Gasteiger partial charge in [0.25, 0.3) is 0 Å². The lowest BCUT2D eigenvalue weighted by molar-refractivity contribution is -0.138. The molecule has 7 heteroatoms. The molecule has 0 radical (unpaired) electrons. The molecular formula is C17H23N5O2. The molecule has 24 heavy (non-hydrogen) atoms. The smallest absolute Gasteiger partial charge is 0.312 e. The molecule has 2 aromatic rings. The van der Waals surface area contributed by atoms with Crippen LogP contribution >= 0.6 is 0 Å². The molecule has 0 amide bonds. The summed E-state index contributed by atoms with van der Waals surface area (Å²) in [6, 6.07) is 7.04. The third-order valence-electron chi connectivity index (χ3n) is 4.21. The number of aliphatic carboxylic acids is 1. The van der Waals surface area contributed by atoms with E-state index in [2.05, 4.69) is 15.0 Å². The predicted octanol–water partition coefficient (Wildman–Crippen LogP) is 3.75. The summed E-state index contributed by atoms with van der Waals surface area (Å²) in [5.74, 6) is -1.12. The Balaban J connectivity index is 0.000000249. The van der Waals surface area contributed by atoms with Gasteiger partial charge in [-0.25, -0.2) is 0 Å². The molecule has 1 aliphatic rings. The van der Waals surface area contributed by atoms with Crippen molar-refractivity contribution in [2.24, 2.45) is 10.8 Å². The van der Waals surface area contributed by atoms with E-state index in [0.717, 1.165) is 16.5 Å². The molecule has 1 saturated carbocycles. The second kappa shape index (κ2) is 8.96. The number of H-pyrrole nitrogens is 1. The van der Waals surface area contributed by atoms with Gasteiger partial charge in [-0.2, -0.15) is 0 Å². The Kier molecular flexibility index (Phi) is 6.66. The number of carboxylic acid groups (broad SMARTS) is 1. The highest BCUT2D eigenvalue weighted by atomic mass is 16.4. The van der Waals surface area contributed by atoms with Crippen LogP contribution in [0.2, 0.25) is 0 Å². The van der Waals surface area contributed by atoms with Gasteiger partial charge < -0.3 is 15.8 Å². The summed E-state index contributed by atoms with van der Waals surface area (Å²) in [6.07, 6.45) is 8.59. The number of nitrogens with zero attached hydrogens (tertiary/aromatic N) is 3.